The van der Waals surface area contributed by atoms with E-state index in [0.717, 1.165) is 10.6 Å². The number of nitrogens with zero attached hydrogens (tertiary/aromatic N) is 3. The molecule has 7 heteroatoms. The van der Waals surface area contributed by atoms with Gasteiger partial charge in [0.1, 0.15) is 0 Å². The molecule has 0 spiro atoms. The number of hydrogen-bond acceptors (Lipinski definition) is 4. The summed E-state index contributed by atoms with van der Waals surface area (Å²) in [6.45, 7) is 0.380. The van der Waals surface area contributed by atoms with Crippen molar-refractivity contribution in [2.75, 3.05) is 12.4 Å². The highest BCUT2D eigenvalue weighted by Crippen LogP contribution is 1.97. The number of halogens is 1. The van der Waals surface area contributed by atoms with Crippen molar-refractivity contribution in [3.8, 4) is 0 Å². The summed E-state index contributed by atoms with van der Waals surface area (Å²) >= 11 is 5.41. The van der Waals surface area contributed by atoms with Gasteiger partial charge in [-0.05, 0) is 11.6 Å². The van der Waals surface area contributed by atoms with Crippen molar-refractivity contribution in [3.63, 3.8) is 0 Å². The van der Waals surface area contributed by atoms with E-state index in [1.807, 2.05) is 6.07 Å². The van der Waals surface area contributed by atoms with Gasteiger partial charge in [0.05, 0.1) is 11.8 Å². The average Bonchev–Trinajstić information content (AvgIpc) is 2.34. The minimum Gasteiger partial charge on any atom is -0.332 e. The summed E-state index contributed by atoms with van der Waals surface area (Å²) < 4.78 is 0. The number of alkyl halides is 1. The molecule has 2 amide bonds. The molecule has 0 fully saturated rings. The number of carbonyl (C=O) groups is 1. The van der Waals surface area contributed by atoms with Crippen LogP contribution in [0.3, 0.4) is 0 Å². The van der Waals surface area contributed by atoms with Gasteiger partial charge in [-0.15, -0.1) is 16.5 Å². The van der Waals surface area contributed by atoms with Gasteiger partial charge >= 0.3 is 6.03 Å². The highest BCUT2D eigenvalue weighted by molar-refractivity contribution is 6.18. The fourth-order valence-electron chi connectivity index (χ4n) is 1.03. The van der Waals surface area contributed by atoms with Crippen molar-refractivity contribution in [1.82, 2.24) is 15.3 Å². The Morgan fingerprint density at radius 3 is 3.00 bits per heavy atom. The highest BCUT2D eigenvalue weighted by Gasteiger charge is 2.12. The van der Waals surface area contributed by atoms with E-state index in [2.05, 4.69) is 15.6 Å². The SMILES string of the molecule is O=NN(CCCl)C(=O)NCc1cccnc1. The first-order valence-electron chi connectivity index (χ1n) is 4.61. The lowest BCUT2D eigenvalue weighted by molar-refractivity contribution is 0.202. The fourth-order valence-corrected chi connectivity index (χ4v) is 1.19. The number of aromatic nitrogens is 1. The lowest BCUT2D eigenvalue weighted by Crippen LogP contribution is -2.36. The molecule has 1 N–H and O–H groups in total. The second-order valence-electron chi connectivity index (χ2n) is 2.91. The van der Waals surface area contributed by atoms with Crippen molar-refractivity contribution >= 4 is 17.6 Å². The molecule has 0 aliphatic heterocycles. The molecule has 16 heavy (non-hydrogen) atoms. The molecule has 1 heterocycles. The van der Waals surface area contributed by atoms with E-state index in [9.17, 15) is 9.70 Å². The topological polar surface area (TPSA) is 74.7 Å². The molecule has 1 rings (SSSR count). The number of amides is 2. The lowest BCUT2D eigenvalue weighted by atomic mass is 10.3. The molecule has 0 aliphatic rings. The Hall–Kier alpha value is -1.69. The van der Waals surface area contributed by atoms with Gasteiger partial charge in [0.2, 0.25) is 0 Å². The Bertz CT molecular complexity index is 347. The third-order valence-corrected chi connectivity index (χ3v) is 1.96. The number of pyridine rings is 1. The van der Waals surface area contributed by atoms with Gasteiger partial charge in [0, 0.05) is 24.8 Å². The van der Waals surface area contributed by atoms with E-state index in [1.165, 1.54) is 0 Å². The normalized spacial score (nSPS) is 9.56. The van der Waals surface area contributed by atoms with Gasteiger partial charge in [-0.3, -0.25) is 4.98 Å². The van der Waals surface area contributed by atoms with Crippen LogP contribution in [0.2, 0.25) is 0 Å². The Labute approximate surface area is 97.6 Å². The van der Waals surface area contributed by atoms with Gasteiger partial charge in [-0.2, -0.15) is 5.01 Å². The molecule has 0 radical (unpaired) electrons. The molecule has 86 valence electrons. The largest absolute Gasteiger partial charge is 0.340 e. The molecule has 1 aromatic heterocycles. The predicted molar refractivity (Wildman–Crippen MR) is 59.7 cm³/mol. The molecule has 0 aliphatic carbocycles. The third-order valence-electron chi connectivity index (χ3n) is 1.80. The van der Waals surface area contributed by atoms with E-state index in [1.54, 1.807) is 18.5 Å². The van der Waals surface area contributed by atoms with E-state index in [0.29, 0.717) is 6.54 Å². The number of carbonyl (C=O) groups excluding carboxylic acids is 1. The number of hydrogen-bond donors (Lipinski definition) is 1. The average molecular weight is 243 g/mol. The van der Waals surface area contributed by atoms with Crippen molar-refractivity contribution in [2.24, 2.45) is 5.29 Å². The molecule has 0 unspecified atom stereocenters. The zero-order valence-electron chi connectivity index (χ0n) is 8.47. The number of nitroso groups, excluding NO2 is 1. The van der Waals surface area contributed by atoms with Gasteiger partial charge in [-0.1, -0.05) is 6.07 Å². The predicted octanol–water partition coefficient (Wildman–Crippen LogP) is 1.51. The standard InChI is InChI=1S/C9H11ClN4O2/c10-3-5-14(13-16)9(15)12-7-8-2-1-4-11-6-8/h1-2,4,6H,3,5,7H2,(H,12,15). The summed E-state index contributed by atoms with van der Waals surface area (Å²) in [6, 6.07) is 3.00. The van der Waals surface area contributed by atoms with Crippen LogP contribution in [-0.4, -0.2) is 28.4 Å². The van der Waals surface area contributed by atoms with Gasteiger partial charge in [-0.25, -0.2) is 4.79 Å². The molecule has 0 saturated carbocycles. The molecule has 1 aromatic rings. The number of rotatable bonds is 5. The number of urea groups is 1. The van der Waals surface area contributed by atoms with E-state index >= 15 is 0 Å². The lowest BCUT2D eigenvalue weighted by Gasteiger charge is -2.12. The Morgan fingerprint density at radius 2 is 2.44 bits per heavy atom. The first-order chi connectivity index (χ1) is 7.77. The summed E-state index contributed by atoms with van der Waals surface area (Å²) in [7, 11) is 0. The molecular formula is C9H11ClN4O2. The van der Waals surface area contributed by atoms with Crippen molar-refractivity contribution in [2.45, 2.75) is 6.54 Å². The maximum absolute atomic E-state index is 11.4. The smallest absolute Gasteiger partial charge is 0.332 e. The van der Waals surface area contributed by atoms with Crippen LogP contribution in [0.5, 0.6) is 0 Å². The molecule has 0 atom stereocenters. The molecular weight excluding hydrogens is 232 g/mol. The van der Waals surface area contributed by atoms with Crippen molar-refractivity contribution in [1.29, 1.82) is 0 Å². The monoisotopic (exact) mass is 242 g/mol. The van der Waals surface area contributed by atoms with E-state index in [4.69, 9.17) is 11.6 Å². The van der Waals surface area contributed by atoms with E-state index in [-0.39, 0.29) is 12.4 Å². The van der Waals surface area contributed by atoms with Crippen LogP contribution in [0, 0.1) is 4.91 Å². The minimum absolute atomic E-state index is 0.0872. The van der Waals surface area contributed by atoms with Crippen LogP contribution in [0.15, 0.2) is 29.8 Å². The Morgan fingerprint density at radius 1 is 1.62 bits per heavy atom. The van der Waals surface area contributed by atoms with Crippen LogP contribution < -0.4 is 5.32 Å². The summed E-state index contributed by atoms with van der Waals surface area (Å²) in [6.07, 6.45) is 3.26. The first-order valence-corrected chi connectivity index (χ1v) is 5.15. The molecule has 6 nitrogen and oxygen atoms in total. The van der Waals surface area contributed by atoms with Crippen LogP contribution in [0.25, 0.3) is 0 Å². The van der Waals surface area contributed by atoms with Gasteiger partial charge < -0.3 is 5.32 Å². The van der Waals surface area contributed by atoms with Crippen LogP contribution in [0.4, 0.5) is 4.79 Å². The summed E-state index contributed by atoms with van der Waals surface area (Å²) in [5.41, 5.74) is 0.840. The Balaban J connectivity index is 2.42. The number of nitrogens with one attached hydrogen (secondary N) is 1. The van der Waals surface area contributed by atoms with Gasteiger partial charge in [0.15, 0.2) is 0 Å². The van der Waals surface area contributed by atoms with Crippen molar-refractivity contribution < 1.29 is 4.79 Å². The maximum Gasteiger partial charge on any atom is 0.340 e. The molecule has 0 bridgehead atoms. The summed E-state index contributed by atoms with van der Waals surface area (Å²) in [5, 5.41) is 5.83. The van der Waals surface area contributed by atoms with Crippen molar-refractivity contribution in [3.05, 3.63) is 35.0 Å². The zero-order valence-corrected chi connectivity index (χ0v) is 9.22. The highest BCUT2D eigenvalue weighted by atomic mass is 35.5. The Kier molecular flexibility index (Phi) is 5.21. The quantitative estimate of drug-likeness (QED) is 0.483. The van der Waals surface area contributed by atoms with Gasteiger partial charge in [0.25, 0.3) is 0 Å². The molecule has 0 saturated heterocycles. The van der Waals surface area contributed by atoms with E-state index < -0.39 is 6.03 Å². The third kappa shape index (κ3) is 3.82. The summed E-state index contributed by atoms with van der Waals surface area (Å²) in [5.74, 6) is 0.159. The first kappa shape index (κ1) is 12.4. The second-order valence-corrected chi connectivity index (χ2v) is 3.29. The zero-order chi connectivity index (χ0) is 11.8. The second kappa shape index (κ2) is 6.73. The fraction of sp³-hybridized carbons (Fsp3) is 0.333. The minimum atomic E-state index is -0.570. The van der Waals surface area contributed by atoms with Crippen LogP contribution in [-0.2, 0) is 6.54 Å². The maximum atomic E-state index is 11.4. The van der Waals surface area contributed by atoms with Crippen LogP contribution in [0.1, 0.15) is 5.56 Å². The molecule has 0 aromatic carbocycles. The van der Waals surface area contributed by atoms with Crippen LogP contribution >= 0.6 is 11.6 Å². The summed E-state index contributed by atoms with van der Waals surface area (Å²) in [4.78, 5) is 25.6.